The maximum absolute atomic E-state index is 15.2. The average Bonchev–Trinajstić information content (AvgIpc) is 3.46. The molecule has 4 heterocycles. The van der Waals surface area contributed by atoms with Gasteiger partial charge in [-0.05, 0) is 55.3 Å². The van der Waals surface area contributed by atoms with E-state index in [-0.39, 0.29) is 40.6 Å². The van der Waals surface area contributed by atoms with Gasteiger partial charge < -0.3 is 23.5 Å². The Morgan fingerprint density at radius 3 is 2.39 bits per heavy atom. The number of amides is 1. The standard InChI is InChI=1S/C35H34Cl2FN7O4/c1-19(2)44-31-27(40-32(44)24-16-39-35(42(3)4)41-33(24)49-6)15-29(46)45(30(31)21-9-12-25(37)26(38)13-21)28-14-22(36)18-43(34(28)47)17-20-7-10-23(48-5)11-8-20/h7-14,16,18-19,30H,15,17H2,1-6H3. The summed E-state index contributed by atoms with van der Waals surface area (Å²) in [5.74, 6) is 0.766. The van der Waals surface area contributed by atoms with E-state index in [0.717, 1.165) is 5.56 Å². The van der Waals surface area contributed by atoms with Crippen LogP contribution in [0.4, 0.5) is 16.0 Å². The van der Waals surface area contributed by atoms with E-state index in [4.69, 9.17) is 37.7 Å². The van der Waals surface area contributed by atoms with E-state index >= 15 is 4.39 Å². The zero-order valence-electron chi connectivity index (χ0n) is 27.7. The van der Waals surface area contributed by atoms with Crippen molar-refractivity contribution in [3.8, 4) is 23.0 Å². The van der Waals surface area contributed by atoms with E-state index in [1.807, 2.05) is 44.6 Å². The minimum Gasteiger partial charge on any atom is -0.497 e. The van der Waals surface area contributed by atoms with Crippen LogP contribution in [0.15, 0.2) is 65.7 Å². The first-order valence-electron chi connectivity index (χ1n) is 15.4. The molecule has 1 aliphatic heterocycles. The summed E-state index contributed by atoms with van der Waals surface area (Å²) in [4.78, 5) is 45.7. The largest absolute Gasteiger partial charge is 0.497 e. The van der Waals surface area contributed by atoms with Crippen LogP contribution in [0, 0.1) is 5.82 Å². The zero-order chi connectivity index (χ0) is 35.1. The number of nitrogens with zero attached hydrogens (tertiary/aromatic N) is 7. The van der Waals surface area contributed by atoms with E-state index in [2.05, 4.69) is 9.97 Å². The van der Waals surface area contributed by atoms with Crippen molar-refractivity contribution in [2.45, 2.75) is 38.9 Å². The van der Waals surface area contributed by atoms with Gasteiger partial charge in [0.2, 0.25) is 17.7 Å². The van der Waals surface area contributed by atoms with Crippen molar-refractivity contribution in [3.05, 3.63) is 110 Å². The first-order valence-corrected chi connectivity index (χ1v) is 16.2. The van der Waals surface area contributed by atoms with Crippen molar-refractivity contribution >= 4 is 40.7 Å². The predicted octanol–water partition coefficient (Wildman–Crippen LogP) is 6.34. The fraction of sp³-hybridized carbons (Fsp3) is 0.286. The summed E-state index contributed by atoms with van der Waals surface area (Å²) in [7, 11) is 6.72. The molecule has 0 saturated heterocycles. The highest BCUT2D eigenvalue weighted by atomic mass is 35.5. The van der Waals surface area contributed by atoms with Crippen molar-refractivity contribution < 1.29 is 18.7 Å². The normalized spacial score (nSPS) is 14.3. The highest BCUT2D eigenvalue weighted by molar-refractivity contribution is 6.31. The van der Waals surface area contributed by atoms with Crippen LogP contribution in [-0.2, 0) is 17.8 Å². The number of ether oxygens (including phenoxy) is 2. The van der Waals surface area contributed by atoms with Gasteiger partial charge in [-0.15, -0.1) is 0 Å². The van der Waals surface area contributed by atoms with E-state index < -0.39 is 23.3 Å². The fourth-order valence-corrected chi connectivity index (χ4v) is 6.40. The number of fused-ring (bicyclic) bond motifs is 1. The number of anilines is 2. The molecule has 1 unspecified atom stereocenters. The van der Waals surface area contributed by atoms with Gasteiger partial charge in [0.05, 0.1) is 54.2 Å². The predicted molar refractivity (Wildman–Crippen MR) is 187 cm³/mol. The van der Waals surface area contributed by atoms with Crippen LogP contribution in [0.1, 0.15) is 48.4 Å². The van der Waals surface area contributed by atoms with Gasteiger partial charge in [-0.3, -0.25) is 14.5 Å². The lowest BCUT2D eigenvalue weighted by Gasteiger charge is -2.37. The number of imidazole rings is 1. The molecule has 1 atom stereocenters. The molecular formula is C35H34Cl2FN7O4. The number of rotatable bonds is 9. The molecule has 49 heavy (non-hydrogen) atoms. The Hall–Kier alpha value is -4.94. The quantitative estimate of drug-likeness (QED) is 0.175. The molecule has 254 valence electrons. The molecule has 0 saturated carbocycles. The summed E-state index contributed by atoms with van der Waals surface area (Å²) < 4.78 is 29.5. The maximum atomic E-state index is 15.2. The lowest BCUT2D eigenvalue weighted by molar-refractivity contribution is -0.118. The Labute approximate surface area is 292 Å². The fourth-order valence-electron chi connectivity index (χ4n) is 6.07. The monoisotopic (exact) mass is 705 g/mol. The molecule has 0 bridgehead atoms. The van der Waals surface area contributed by atoms with Gasteiger partial charge in [-0.1, -0.05) is 41.4 Å². The first kappa shape index (κ1) is 33.9. The Bertz CT molecular complexity index is 2110. The van der Waals surface area contributed by atoms with Crippen LogP contribution in [0.3, 0.4) is 0 Å². The first-order chi connectivity index (χ1) is 23.4. The van der Waals surface area contributed by atoms with Gasteiger partial charge in [0.1, 0.15) is 29.1 Å². The molecule has 0 aliphatic carbocycles. The molecule has 3 aromatic heterocycles. The van der Waals surface area contributed by atoms with E-state index in [1.54, 1.807) is 36.4 Å². The van der Waals surface area contributed by atoms with Crippen molar-refractivity contribution in [1.82, 2.24) is 24.1 Å². The molecule has 1 aliphatic rings. The number of aromatic nitrogens is 5. The second-order valence-corrected chi connectivity index (χ2v) is 12.9. The molecule has 0 fully saturated rings. The number of hydrogen-bond donors (Lipinski definition) is 0. The summed E-state index contributed by atoms with van der Waals surface area (Å²) in [6, 6.07) is 11.9. The summed E-state index contributed by atoms with van der Waals surface area (Å²) in [6.45, 7) is 4.11. The number of carbonyl (C=O) groups excluding carboxylic acids is 1. The Kier molecular flexibility index (Phi) is 9.37. The molecule has 5 aromatic rings. The third kappa shape index (κ3) is 6.33. The molecule has 11 nitrogen and oxygen atoms in total. The molecular weight excluding hydrogens is 672 g/mol. The minimum absolute atomic E-state index is 0.0336. The third-order valence-corrected chi connectivity index (χ3v) is 8.80. The lowest BCUT2D eigenvalue weighted by Crippen LogP contribution is -2.45. The molecule has 0 spiro atoms. The number of hydrogen-bond acceptors (Lipinski definition) is 8. The van der Waals surface area contributed by atoms with Crippen LogP contribution < -0.4 is 24.8 Å². The second kappa shape index (κ2) is 13.5. The summed E-state index contributed by atoms with van der Waals surface area (Å²) >= 11 is 12.7. The van der Waals surface area contributed by atoms with Gasteiger partial charge in [0.15, 0.2) is 0 Å². The summed E-state index contributed by atoms with van der Waals surface area (Å²) in [5, 5.41) is 0.159. The van der Waals surface area contributed by atoms with Crippen LogP contribution >= 0.6 is 23.2 Å². The van der Waals surface area contributed by atoms with Gasteiger partial charge in [0, 0.05) is 32.5 Å². The molecule has 0 radical (unpaired) electrons. The summed E-state index contributed by atoms with van der Waals surface area (Å²) in [5.41, 5.74) is 2.33. The number of benzene rings is 2. The van der Waals surface area contributed by atoms with Crippen LogP contribution in [0.25, 0.3) is 11.4 Å². The molecule has 14 heteroatoms. The number of carbonyl (C=O) groups is 1. The Morgan fingerprint density at radius 1 is 1.02 bits per heavy atom. The number of methoxy groups -OCH3 is 2. The molecule has 1 amide bonds. The third-order valence-electron chi connectivity index (χ3n) is 8.29. The Morgan fingerprint density at radius 2 is 1.76 bits per heavy atom. The Balaban J connectivity index is 1.58. The SMILES string of the molecule is COc1ccc(Cn2cc(Cl)cc(N3C(=O)Cc4nc(-c5cnc(N(C)C)nc5OC)n(C(C)C)c4C3c3ccc(Cl)c(F)c3)c2=O)cc1. The zero-order valence-corrected chi connectivity index (χ0v) is 29.3. The van der Waals surface area contributed by atoms with Gasteiger partial charge in [0.25, 0.3) is 5.56 Å². The molecule has 2 aromatic carbocycles. The maximum Gasteiger partial charge on any atom is 0.274 e. The van der Waals surface area contributed by atoms with Crippen LogP contribution in [0.2, 0.25) is 10.0 Å². The van der Waals surface area contributed by atoms with Gasteiger partial charge in [-0.25, -0.2) is 14.4 Å². The van der Waals surface area contributed by atoms with Gasteiger partial charge >= 0.3 is 0 Å². The number of halogens is 3. The topological polar surface area (TPSA) is 108 Å². The van der Waals surface area contributed by atoms with E-state index in [1.165, 1.54) is 41.0 Å². The van der Waals surface area contributed by atoms with Crippen LogP contribution in [0.5, 0.6) is 11.6 Å². The van der Waals surface area contributed by atoms with Gasteiger partial charge in [-0.2, -0.15) is 4.98 Å². The second-order valence-electron chi connectivity index (χ2n) is 12.1. The number of pyridine rings is 1. The van der Waals surface area contributed by atoms with E-state index in [0.29, 0.717) is 40.0 Å². The molecule has 6 rings (SSSR count). The minimum atomic E-state index is -0.986. The van der Waals surface area contributed by atoms with Crippen LogP contribution in [-0.4, -0.2) is 58.3 Å². The average molecular weight is 707 g/mol. The summed E-state index contributed by atoms with van der Waals surface area (Å²) in [6.07, 6.45) is 3.01. The lowest BCUT2D eigenvalue weighted by atomic mass is 9.93. The highest BCUT2D eigenvalue weighted by Crippen LogP contribution is 2.43. The smallest absolute Gasteiger partial charge is 0.274 e. The van der Waals surface area contributed by atoms with Crippen molar-refractivity contribution in [2.24, 2.45) is 0 Å². The highest BCUT2D eigenvalue weighted by Gasteiger charge is 2.42. The molecule has 0 N–H and O–H groups in total. The van der Waals surface area contributed by atoms with Crippen molar-refractivity contribution in [2.75, 3.05) is 38.1 Å². The van der Waals surface area contributed by atoms with E-state index in [9.17, 15) is 9.59 Å². The van der Waals surface area contributed by atoms with Crippen molar-refractivity contribution in [3.63, 3.8) is 0 Å². The van der Waals surface area contributed by atoms with Crippen molar-refractivity contribution in [1.29, 1.82) is 0 Å².